The molecule has 1 aromatic rings. The first-order valence-corrected chi connectivity index (χ1v) is 7.59. The number of rotatable bonds is 3. The molecule has 104 valence electrons. The summed E-state index contributed by atoms with van der Waals surface area (Å²) in [6, 6.07) is 8.54. The topological polar surface area (TPSA) is 41.3 Å². The molecule has 2 fully saturated rings. The van der Waals surface area contributed by atoms with Crippen molar-refractivity contribution >= 4 is 17.3 Å². The number of anilines is 1. The Balaban J connectivity index is 1.81. The van der Waals surface area contributed by atoms with E-state index in [1.807, 2.05) is 24.3 Å². The Morgan fingerprint density at radius 3 is 2.79 bits per heavy atom. The average Bonchev–Trinajstić information content (AvgIpc) is 2.81. The van der Waals surface area contributed by atoms with Crippen molar-refractivity contribution in [2.45, 2.75) is 37.3 Å². The Morgan fingerprint density at radius 1 is 1.26 bits per heavy atom. The van der Waals surface area contributed by atoms with Crippen LogP contribution in [0.3, 0.4) is 0 Å². The Labute approximate surface area is 120 Å². The zero-order valence-corrected chi connectivity index (χ0v) is 12.0. The number of nitrogens with two attached hydrogens (primary N) is 1. The maximum Gasteiger partial charge on any atom is 0.0662 e. The van der Waals surface area contributed by atoms with Gasteiger partial charge >= 0.3 is 0 Å². The summed E-state index contributed by atoms with van der Waals surface area (Å²) in [5.74, 6) is 0. The number of hydrogen-bond acceptors (Lipinski definition) is 3. The summed E-state index contributed by atoms with van der Waals surface area (Å²) in [6.45, 7) is 3.09. The highest BCUT2D eigenvalue weighted by Crippen LogP contribution is 2.37. The monoisotopic (exact) mass is 279 g/mol. The highest BCUT2D eigenvalue weighted by Gasteiger charge is 2.46. The second-order valence-electron chi connectivity index (χ2n) is 5.79. The molecule has 2 unspecified atom stereocenters. The SMILES string of the molecule is NCC1(Nc2ccc(Cl)cc2)CCN2CCCCC21. The molecule has 0 bridgehead atoms. The smallest absolute Gasteiger partial charge is 0.0662 e. The van der Waals surface area contributed by atoms with Gasteiger partial charge in [0.05, 0.1) is 5.54 Å². The quantitative estimate of drug-likeness (QED) is 0.894. The third-order valence-corrected chi connectivity index (χ3v) is 4.95. The number of nitrogens with zero attached hydrogens (tertiary/aromatic N) is 1. The highest BCUT2D eigenvalue weighted by molar-refractivity contribution is 6.30. The van der Waals surface area contributed by atoms with Crippen LogP contribution in [0.5, 0.6) is 0 Å². The van der Waals surface area contributed by atoms with E-state index in [0.717, 1.165) is 17.1 Å². The third-order valence-electron chi connectivity index (χ3n) is 4.70. The molecular weight excluding hydrogens is 258 g/mol. The molecule has 3 rings (SSSR count). The molecule has 3 nitrogen and oxygen atoms in total. The molecule has 2 saturated heterocycles. The molecule has 0 amide bonds. The van der Waals surface area contributed by atoms with Crippen LogP contribution >= 0.6 is 11.6 Å². The van der Waals surface area contributed by atoms with Crippen LogP contribution < -0.4 is 11.1 Å². The summed E-state index contributed by atoms with van der Waals surface area (Å²) < 4.78 is 0. The van der Waals surface area contributed by atoms with Crippen LogP contribution in [0.25, 0.3) is 0 Å². The van der Waals surface area contributed by atoms with Gasteiger partial charge in [-0.2, -0.15) is 0 Å². The molecule has 0 radical (unpaired) electrons. The molecule has 2 heterocycles. The lowest BCUT2D eigenvalue weighted by Crippen LogP contribution is -2.56. The van der Waals surface area contributed by atoms with Crippen LogP contribution in [0, 0.1) is 0 Å². The van der Waals surface area contributed by atoms with Crippen molar-refractivity contribution in [2.75, 3.05) is 25.0 Å². The summed E-state index contributed by atoms with van der Waals surface area (Å²) in [7, 11) is 0. The fourth-order valence-electron chi connectivity index (χ4n) is 3.65. The number of hydrogen-bond donors (Lipinski definition) is 2. The summed E-state index contributed by atoms with van der Waals surface area (Å²) >= 11 is 5.95. The molecule has 4 heteroatoms. The van der Waals surface area contributed by atoms with Crippen LogP contribution in [0.1, 0.15) is 25.7 Å². The van der Waals surface area contributed by atoms with Gasteiger partial charge in [0.2, 0.25) is 0 Å². The summed E-state index contributed by atoms with van der Waals surface area (Å²) in [6.07, 6.45) is 5.05. The Bertz CT molecular complexity index is 434. The van der Waals surface area contributed by atoms with Gasteiger partial charge in [0.25, 0.3) is 0 Å². The van der Waals surface area contributed by atoms with E-state index in [1.165, 1.54) is 32.4 Å². The minimum Gasteiger partial charge on any atom is -0.377 e. The fraction of sp³-hybridized carbons (Fsp3) is 0.600. The van der Waals surface area contributed by atoms with Crippen LogP contribution in [-0.2, 0) is 0 Å². The zero-order chi connectivity index (χ0) is 13.3. The van der Waals surface area contributed by atoms with Crippen LogP contribution in [-0.4, -0.2) is 36.1 Å². The lowest BCUT2D eigenvalue weighted by atomic mass is 9.85. The highest BCUT2D eigenvalue weighted by atomic mass is 35.5. The van der Waals surface area contributed by atoms with E-state index in [2.05, 4.69) is 10.2 Å². The van der Waals surface area contributed by atoms with E-state index in [0.29, 0.717) is 12.6 Å². The number of piperidine rings is 1. The van der Waals surface area contributed by atoms with Gasteiger partial charge in [-0.25, -0.2) is 0 Å². The molecule has 2 atom stereocenters. The number of fused-ring (bicyclic) bond motifs is 1. The summed E-state index contributed by atoms with van der Waals surface area (Å²) in [5.41, 5.74) is 7.30. The lowest BCUT2D eigenvalue weighted by Gasteiger charge is -2.41. The normalized spacial score (nSPS) is 31.2. The molecule has 0 spiro atoms. The predicted octanol–water partition coefficient (Wildman–Crippen LogP) is 2.71. The van der Waals surface area contributed by atoms with Gasteiger partial charge in [0.15, 0.2) is 0 Å². The first kappa shape index (κ1) is 13.2. The maximum atomic E-state index is 6.14. The number of nitrogens with one attached hydrogen (secondary N) is 1. The molecule has 0 aromatic heterocycles. The zero-order valence-electron chi connectivity index (χ0n) is 11.2. The molecule has 1 aromatic carbocycles. The minimum absolute atomic E-state index is 0.0360. The molecule has 19 heavy (non-hydrogen) atoms. The molecule has 0 saturated carbocycles. The van der Waals surface area contributed by atoms with Gasteiger partial charge in [0.1, 0.15) is 0 Å². The van der Waals surface area contributed by atoms with Crippen LogP contribution in [0.15, 0.2) is 24.3 Å². The maximum absolute atomic E-state index is 6.14. The molecule has 0 aliphatic carbocycles. The number of benzene rings is 1. The average molecular weight is 280 g/mol. The van der Waals surface area contributed by atoms with Gasteiger partial charge in [-0.3, -0.25) is 4.90 Å². The van der Waals surface area contributed by atoms with Gasteiger partial charge in [-0.1, -0.05) is 18.0 Å². The fourth-order valence-corrected chi connectivity index (χ4v) is 3.78. The Morgan fingerprint density at radius 2 is 2.05 bits per heavy atom. The van der Waals surface area contributed by atoms with E-state index in [1.54, 1.807) is 0 Å². The standard InChI is InChI=1S/C15H22ClN3/c16-12-4-6-13(7-5-12)18-15(11-17)8-10-19-9-2-1-3-14(15)19/h4-7,14,18H,1-3,8-11,17H2. The van der Waals surface area contributed by atoms with Gasteiger partial charge < -0.3 is 11.1 Å². The second kappa shape index (κ2) is 5.31. The van der Waals surface area contributed by atoms with Crippen molar-refractivity contribution in [1.82, 2.24) is 4.90 Å². The van der Waals surface area contributed by atoms with Crippen molar-refractivity contribution in [3.05, 3.63) is 29.3 Å². The van der Waals surface area contributed by atoms with Crippen LogP contribution in [0.4, 0.5) is 5.69 Å². The summed E-state index contributed by atoms with van der Waals surface area (Å²) in [4.78, 5) is 2.61. The van der Waals surface area contributed by atoms with Crippen molar-refractivity contribution in [1.29, 1.82) is 0 Å². The van der Waals surface area contributed by atoms with E-state index in [4.69, 9.17) is 17.3 Å². The van der Waals surface area contributed by atoms with E-state index >= 15 is 0 Å². The van der Waals surface area contributed by atoms with Crippen LogP contribution in [0.2, 0.25) is 5.02 Å². The first-order chi connectivity index (χ1) is 9.23. The number of halogens is 1. The molecule has 3 N–H and O–H groups in total. The van der Waals surface area contributed by atoms with E-state index in [-0.39, 0.29) is 5.54 Å². The minimum atomic E-state index is 0.0360. The van der Waals surface area contributed by atoms with Gasteiger partial charge in [-0.05, 0) is 50.1 Å². The van der Waals surface area contributed by atoms with Gasteiger partial charge in [0, 0.05) is 29.8 Å². The molecular formula is C15H22ClN3. The summed E-state index contributed by atoms with van der Waals surface area (Å²) in [5, 5.41) is 4.48. The lowest BCUT2D eigenvalue weighted by molar-refractivity contribution is 0.167. The third kappa shape index (κ3) is 2.47. The Hall–Kier alpha value is -0.770. The molecule has 2 aliphatic rings. The van der Waals surface area contributed by atoms with Gasteiger partial charge in [-0.15, -0.1) is 0 Å². The first-order valence-electron chi connectivity index (χ1n) is 7.21. The van der Waals surface area contributed by atoms with Crippen molar-refractivity contribution < 1.29 is 0 Å². The Kier molecular flexibility index (Phi) is 3.70. The van der Waals surface area contributed by atoms with Crippen molar-refractivity contribution in [3.8, 4) is 0 Å². The van der Waals surface area contributed by atoms with Crippen molar-refractivity contribution in [2.24, 2.45) is 5.73 Å². The largest absolute Gasteiger partial charge is 0.377 e. The van der Waals surface area contributed by atoms with E-state index in [9.17, 15) is 0 Å². The predicted molar refractivity (Wildman–Crippen MR) is 80.7 cm³/mol. The second-order valence-corrected chi connectivity index (χ2v) is 6.23. The molecule has 2 aliphatic heterocycles. The van der Waals surface area contributed by atoms with E-state index < -0.39 is 0 Å². The van der Waals surface area contributed by atoms with Crippen molar-refractivity contribution in [3.63, 3.8) is 0 Å².